The molecule has 0 fully saturated rings. The number of fused-ring (bicyclic) bond motifs is 1. The largest absolute Gasteiger partial charge is 0.487 e. The van der Waals surface area contributed by atoms with Gasteiger partial charge in [-0.1, -0.05) is 12.2 Å². The maximum atomic E-state index is 5.82. The van der Waals surface area contributed by atoms with E-state index in [9.17, 15) is 0 Å². The average Bonchev–Trinajstić information content (AvgIpc) is 2.63. The van der Waals surface area contributed by atoms with E-state index < -0.39 is 0 Å². The zero-order valence-corrected chi connectivity index (χ0v) is 11.0. The Labute approximate surface area is 103 Å². The smallest absolute Gasteiger partial charge is 0.162 e. The van der Waals surface area contributed by atoms with E-state index in [1.54, 1.807) is 0 Å². The minimum Gasteiger partial charge on any atom is -0.487 e. The summed E-state index contributed by atoms with van der Waals surface area (Å²) in [5.74, 6) is 1.70. The number of rotatable bonds is 4. The number of hydrogen-bond donors (Lipinski definition) is 0. The van der Waals surface area contributed by atoms with Gasteiger partial charge in [-0.3, -0.25) is 0 Å². The molecule has 0 saturated carbocycles. The second-order valence-electron chi connectivity index (χ2n) is 4.94. The quantitative estimate of drug-likeness (QED) is 0.785. The van der Waals surface area contributed by atoms with Crippen molar-refractivity contribution < 1.29 is 9.47 Å². The Kier molecular flexibility index (Phi) is 3.41. The third-order valence-corrected chi connectivity index (χ3v) is 2.57. The first kappa shape index (κ1) is 12.0. The van der Waals surface area contributed by atoms with Crippen LogP contribution in [-0.2, 0) is 6.42 Å². The van der Waals surface area contributed by atoms with Crippen molar-refractivity contribution in [3.63, 3.8) is 0 Å². The summed E-state index contributed by atoms with van der Waals surface area (Å²) in [5, 5.41) is 0. The molecule has 0 bridgehead atoms. The maximum Gasteiger partial charge on any atom is 0.162 e. The van der Waals surface area contributed by atoms with E-state index in [1.807, 2.05) is 27.7 Å². The Morgan fingerprint density at radius 3 is 2.12 bits per heavy atom. The van der Waals surface area contributed by atoms with Gasteiger partial charge in [0.15, 0.2) is 11.5 Å². The SMILES string of the molecule is CC(C)Oc1cc2c(cc1OC(C)C)CC=C2. The van der Waals surface area contributed by atoms with Crippen LogP contribution < -0.4 is 9.47 Å². The summed E-state index contributed by atoms with van der Waals surface area (Å²) in [6.07, 6.45) is 5.63. The molecular formula is C15H20O2. The molecule has 2 heteroatoms. The zero-order chi connectivity index (χ0) is 12.4. The van der Waals surface area contributed by atoms with E-state index in [1.165, 1.54) is 11.1 Å². The second-order valence-corrected chi connectivity index (χ2v) is 4.94. The molecule has 0 aliphatic heterocycles. The Balaban J connectivity index is 2.34. The predicted molar refractivity (Wildman–Crippen MR) is 70.7 cm³/mol. The summed E-state index contributed by atoms with van der Waals surface area (Å²) in [5.41, 5.74) is 2.56. The Hall–Kier alpha value is -1.44. The average molecular weight is 232 g/mol. The molecule has 0 radical (unpaired) electrons. The van der Waals surface area contributed by atoms with Gasteiger partial charge in [-0.15, -0.1) is 0 Å². The van der Waals surface area contributed by atoms with Gasteiger partial charge in [0.25, 0.3) is 0 Å². The van der Waals surface area contributed by atoms with Crippen molar-refractivity contribution in [3.8, 4) is 11.5 Å². The fourth-order valence-electron chi connectivity index (χ4n) is 1.95. The molecule has 0 heterocycles. The van der Waals surface area contributed by atoms with Crippen LogP contribution in [0.3, 0.4) is 0 Å². The third-order valence-electron chi connectivity index (χ3n) is 2.57. The van der Waals surface area contributed by atoms with E-state index in [2.05, 4.69) is 24.3 Å². The molecule has 0 unspecified atom stereocenters. The van der Waals surface area contributed by atoms with Crippen LogP contribution in [0, 0.1) is 0 Å². The standard InChI is InChI=1S/C15H20O2/c1-10(2)16-14-8-12-6-5-7-13(12)9-15(14)17-11(3)4/h5-6,8-11H,7H2,1-4H3. The Bertz CT molecular complexity index is 431. The van der Waals surface area contributed by atoms with E-state index in [0.29, 0.717) is 0 Å². The van der Waals surface area contributed by atoms with Crippen molar-refractivity contribution in [1.29, 1.82) is 0 Å². The molecule has 0 aromatic heterocycles. The van der Waals surface area contributed by atoms with Crippen molar-refractivity contribution in [2.75, 3.05) is 0 Å². The van der Waals surface area contributed by atoms with Gasteiger partial charge in [0.1, 0.15) is 0 Å². The van der Waals surface area contributed by atoms with Gasteiger partial charge < -0.3 is 9.47 Å². The highest BCUT2D eigenvalue weighted by Crippen LogP contribution is 2.35. The molecule has 0 saturated heterocycles. The molecule has 17 heavy (non-hydrogen) atoms. The van der Waals surface area contributed by atoms with Gasteiger partial charge in [0, 0.05) is 0 Å². The van der Waals surface area contributed by atoms with Crippen LogP contribution in [0.25, 0.3) is 6.08 Å². The number of hydrogen-bond acceptors (Lipinski definition) is 2. The van der Waals surface area contributed by atoms with Crippen LogP contribution in [-0.4, -0.2) is 12.2 Å². The summed E-state index contributed by atoms with van der Waals surface area (Å²) >= 11 is 0. The Morgan fingerprint density at radius 1 is 0.941 bits per heavy atom. The lowest BCUT2D eigenvalue weighted by Crippen LogP contribution is -2.11. The lowest BCUT2D eigenvalue weighted by Gasteiger charge is -2.18. The first-order valence-electron chi connectivity index (χ1n) is 6.23. The summed E-state index contributed by atoms with van der Waals surface area (Å²) in [6, 6.07) is 4.18. The van der Waals surface area contributed by atoms with E-state index in [-0.39, 0.29) is 12.2 Å². The van der Waals surface area contributed by atoms with Crippen LogP contribution in [0.1, 0.15) is 38.8 Å². The second kappa shape index (κ2) is 4.82. The molecule has 1 aromatic carbocycles. The topological polar surface area (TPSA) is 18.5 Å². The van der Waals surface area contributed by atoms with Crippen LogP contribution in [0.5, 0.6) is 11.5 Å². The molecule has 0 atom stereocenters. The van der Waals surface area contributed by atoms with Gasteiger partial charge in [0.05, 0.1) is 12.2 Å². The lowest BCUT2D eigenvalue weighted by molar-refractivity contribution is 0.198. The minimum atomic E-state index is 0.160. The van der Waals surface area contributed by atoms with Crippen molar-refractivity contribution in [3.05, 3.63) is 29.3 Å². The molecule has 2 nitrogen and oxygen atoms in total. The maximum absolute atomic E-state index is 5.82. The van der Waals surface area contributed by atoms with E-state index in [4.69, 9.17) is 9.47 Å². The predicted octanol–water partition coefficient (Wildman–Crippen LogP) is 3.83. The molecule has 0 amide bonds. The number of allylic oxidation sites excluding steroid dienone is 1. The van der Waals surface area contributed by atoms with Gasteiger partial charge in [-0.25, -0.2) is 0 Å². The van der Waals surface area contributed by atoms with E-state index in [0.717, 1.165) is 17.9 Å². The Morgan fingerprint density at radius 2 is 1.53 bits per heavy atom. The fraction of sp³-hybridized carbons (Fsp3) is 0.467. The van der Waals surface area contributed by atoms with E-state index >= 15 is 0 Å². The zero-order valence-electron chi connectivity index (χ0n) is 11.0. The van der Waals surface area contributed by atoms with Gasteiger partial charge in [-0.05, 0) is 57.4 Å². The first-order valence-corrected chi connectivity index (χ1v) is 6.23. The van der Waals surface area contributed by atoms with Gasteiger partial charge in [0.2, 0.25) is 0 Å². The summed E-state index contributed by atoms with van der Waals surface area (Å²) in [6.45, 7) is 8.12. The number of benzene rings is 1. The van der Waals surface area contributed by atoms with Crippen molar-refractivity contribution in [2.45, 2.75) is 46.3 Å². The van der Waals surface area contributed by atoms with Crippen LogP contribution in [0.4, 0.5) is 0 Å². The fourth-order valence-corrected chi connectivity index (χ4v) is 1.95. The van der Waals surface area contributed by atoms with Crippen LogP contribution >= 0.6 is 0 Å². The normalized spacial score (nSPS) is 13.3. The van der Waals surface area contributed by atoms with Crippen molar-refractivity contribution in [1.82, 2.24) is 0 Å². The summed E-state index contributed by atoms with van der Waals surface area (Å²) < 4.78 is 11.6. The molecule has 1 aliphatic rings. The monoisotopic (exact) mass is 232 g/mol. The summed E-state index contributed by atoms with van der Waals surface area (Å²) in [7, 11) is 0. The first-order chi connectivity index (χ1) is 8.06. The third kappa shape index (κ3) is 2.82. The van der Waals surface area contributed by atoms with Gasteiger partial charge >= 0.3 is 0 Å². The molecule has 0 spiro atoms. The highest BCUT2D eigenvalue weighted by molar-refractivity contribution is 5.64. The highest BCUT2D eigenvalue weighted by Gasteiger charge is 2.14. The molecular weight excluding hydrogens is 212 g/mol. The summed E-state index contributed by atoms with van der Waals surface area (Å²) in [4.78, 5) is 0. The van der Waals surface area contributed by atoms with Gasteiger partial charge in [-0.2, -0.15) is 0 Å². The van der Waals surface area contributed by atoms with Crippen LogP contribution in [0.15, 0.2) is 18.2 Å². The molecule has 0 N–H and O–H groups in total. The molecule has 1 aromatic rings. The van der Waals surface area contributed by atoms with Crippen LogP contribution in [0.2, 0.25) is 0 Å². The lowest BCUT2D eigenvalue weighted by atomic mass is 10.1. The molecule has 92 valence electrons. The minimum absolute atomic E-state index is 0.160. The molecule has 1 aliphatic carbocycles. The molecule has 2 rings (SSSR count). The highest BCUT2D eigenvalue weighted by atomic mass is 16.5. The number of ether oxygens (including phenoxy) is 2. The van der Waals surface area contributed by atoms with Crippen molar-refractivity contribution in [2.24, 2.45) is 0 Å². The van der Waals surface area contributed by atoms with Crippen molar-refractivity contribution >= 4 is 6.08 Å².